The molecular formula is C23H27FN4O3. The van der Waals surface area contributed by atoms with E-state index in [2.05, 4.69) is 15.4 Å². The van der Waals surface area contributed by atoms with Gasteiger partial charge in [0.2, 0.25) is 5.91 Å². The van der Waals surface area contributed by atoms with E-state index in [-0.39, 0.29) is 23.8 Å². The molecule has 8 heteroatoms. The minimum Gasteiger partial charge on any atom is -0.381 e. The third-order valence-electron chi connectivity index (χ3n) is 5.76. The number of hydrogen-bond acceptors (Lipinski definition) is 4. The van der Waals surface area contributed by atoms with Gasteiger partial charge in [-0.25, -0.2) is 13.9 Å². The number of halogens is 1. The summed E-state index contributed by atoms with van der Waals surface area (Å²) in [5.74, 6) is -0.431. The molecule has 0 bridgehead atoms. The second kappa shape index (κ2) is 9.01. The molecule has 4 rings (SSSR count). The van der Waals surface area contributed by atoms with Crippen molar-refractivity contribution < 1.29 is 13.9 Å². The molecule has 1 aliphatic heterocycles. The van der Waals surface area contributed by atoms with E-state index in [0.717, 1.165) is 18.5 Å². The van der Waals surface area contributed by atoms with E-state index in [0.29, 0.717) is 36.0 Å². The highest BCUT2D eigenvalue weighted by Gasteiger charge is 2.23. The van der Waals surface area contributed by atoms with E-state index in [1.165, 1.54) is 16.6 Å². The van der Waals surface area contributed by atoms with Gasteiger partial charge in [-0.2, -0.15) is 0 Å². The highest BCUT2D eigenvalue weighted by molar-refractivity contribution is 5.79. The van der Waals surface area contributed by atoms with Gasteiger partial charge in [0.15, 0.2) is 5.65 Å². The molecule has 1 aliphatic rings. The third kappa shape index (κ3) is 4.69. The molecule has 0 saturated carbocycles. The fourth-order valence-electron chi connectivity index (χ4n) is 4.03. The molecule has 3 aromatic rings. The normalized spacial score (nSPS) is 16.0. The Morgan fingerprint density at radius 1 is 1.29 bits per heavy atom. The van der Waals surface area contributed by atoms with Crippen LogP contribution in [-0.4, -0.2) is 33.7 Å². The smallest absolute Gasteiger partial charge is 0.272 e. The summed E-state index contributed by atoms with van der Waals surface area (Å²) in [7, 11) is 0. The van der Waals surface area contributed by atoms with E-state index in [9.17, 15) is 14.0 Å². The topological polar surface area (TPSA) is 88.5 Å². The molecule has 31 heavy (non-hydrogen) atoms. The number of carbonyl (C=O) groups excluding carboxylic acids is 1. The minimum absolute atomic E-state index is 0.00664. The molecule has 7 nitrogen and oxygen atoms in total. The van der Waals surface area contributed by atoms with Crippen molar-refractivity contribution in [3.8, 4) is 0 Å². The Morgan fingerprint density at radius 2 is 2.03 bits per heavy atom. The van der Waals surface area contributed by atoms with Gasteiger partial charge in [0.25, 0.3) is 5.56 Å². The van der Waals surface area contributed by atoms with Crippen LogP contribution in [0.15, 0.2) is 41.2 Å². The lowest BCUT2D eigenvalue weighted by molar-refractivity contribution is -0.121. The number of rotatable bonds is 6. The molecular weight excluding hydrogens is 399 g/mol. The number of hydrogen-bond donors (Lipinski definition) is 2. The Kier molecular flexibility index (Phi) is 6.18. The van der Waals surface area contributed by atoms with Gasteiger partial charge in [0, 0.05) is 37.0 Å². The Morgan fingerprint density at radius 3 is 2.74 bits per heavy atom. The number of ether oxygens (including phenoxy) is 1. The van der Waals surface area contributed by atoms with Gasteiger partial charge in [-0.15, -0.1) is 0 Å². The number of amides is 1. The zero-order chi connectivity index (χ0) is 22.0. The maximum atomic E-state index is 13.9. The standard InChI is InChI=1S/C23H27FN4O3/c1-14(2)23(26-21(29)11-16-5-3-4-6-17(16)24)19-13-22(30)28-20(25-19)12-18(27-28)15-7-9-31-10-8-15/h3-6,12-15,23,27H,7-11H2,1-2H3,(H,26,29). The third-order valence-corrected chi connectivity index (χ3v) is 5.76. The number of benzene rings is 1. The number of carbonyl (C=O) groups is 1. The summed E-state index contributed by atoms with van der Waals surface area (Å²) in [6, 6.07) is 9.10. The molecule has 1 amide bonds. The van der Waals surface area contributed by atoms with Crippen molar-refractivity contribution in [2.24, 2.45) is 5.92 Å². The maximum Gasteiger partial charge on any atom is 0.272 e. The van der Waals surface area contributed by atoms with Gasteiger partial charge < -0.3 is 10.1 Å². The summed E-state index contributed by atoms with van der Waals surface area (Å²) in [4.78, 5) is 30.0. The zero-order valence-corrected chi connectivity index (χ0v) is 17.7. The van der Waals surface area contributed by atoms with Gasteiger partial charge >= 0.3 is 0 Å². The second-order valence-electron chi connectivity index (χ2n) is 8.37. The molecule has 3 heterocycles. The van der Waals surface area contributed by atoms with Crippen LogP contribution in [0.5, 0.6) is 0 Å². The number of H-pyrrole nitrogens is 1. The van der Waals surface area contributed by atoms with E-state index in [4.69, 9.17) is 4.74 Å². The van der Waals surface area contributed by atoms with Crippen molar-refractivity contribution >= 4 is 11.6 Å². The van der Waals surface area contributed by atoms with Crippen LogP contribution in [0.3, 0.4) is 0 Å². The molecule has 1 aromatic carbocycles. The van der Waals surface area contributed by atoms with E-state index in [1.54, 1.807) is 18.2 Å². The number of nitrogens with zero attached hydrogens (tertiary/aromatic N) is 2. The van der Waals surface area contributed by atoms with Crippen LogP contribution in [0, 0.1) is 11.7 Å². The molecule has 1 atom stereocenters. The van der Waals surface area contributed by atoms with Crippen molar-refractivity contribution in [2.75, 3.05) is 13.2 Å². The molecule has 0 aliphatic carbocycles. The Balaban J connectivity index is 1.58. The van der Waals surface area contributed by atoms with Crippen LogP contribution in [0.1, 0.15) is 55.6 Å². The number of nitrogens with one attached hydrogen (secondary N) is 2. The first-order valence-corrected chi connectivity index (χ1v) is 10.7. The minimum atomic E-state index is -0.460. The maximum absolute atomic E-state index is 13.9. The van der Waals surface area contributed by atoms with Crippen molar-refractivity contribution in [3.05, 3.63) is 69.5 Å². The van der Waals surface area contributed by atoms with Gasteiger partial charge in [0.05, 0.1) is 18.2 Å². The lowest BCUT2D eigenvalue weighted by atomic mass is 9.97. The fourth-order valence-corrected chi connectivity index (χ4v) is 4.03. The quantitative estimate of drug-likeness (QED) is 0.634. The van der Waals surface area contributed by atoms with E-state index >= 15 is 0 Å². The molecule has 1 fully saturated rings. The zero-order valence-electron chi connectivity index (χ0n) is 17.7. The molecule has 0 spiro atoms. The summed E-state index contributed by atoms with van der Waals surface area (Å²) in [5.41, 5.74) is 2.09. The van der Waals surface area contributed by atoms with Crippen LogP contribution in [0.2, 0.25) is 0 Å². The van der Waals surface area contributed by atoms with E-state index < -0.39 is 11.9 Å². The molecule has 1 saturated heterocycles. The Labute approximate surface area is 179 Å². The van der Waals surface area contributed by atoms with Crippen LogP contribution in [0.25, 0.3) is 5.65 Å². The Bertz CT molecular complexity index is 1130. The lowest BCUT2D eigenvalue weighted by Crippen LogP contribution is -2.34. The number of fused-ring (bicyclic) bond motifs is 1. The molecule has 1 unspecified atom stereocenters. The average Bonchev–Trinajstić information content (AvgIpc) is 3.19. The lowest BCUT2D eigenvalue weighted by Gasteiger charge is -2.22. The predicted octanol–water partition coefficient (Wildman–Crippen LogP) is 3.11. The molecule has 164 valence electrons. The van der Waals surface area contributed by atoms with Crippen LogP contribution in [-0.2, 0) is 16.0 Å². The van der Waals surface area contributed by atoms with Gasteiger partial charge in [-0.1, -0.05) is 32.0 Å². The van der Waals surface area contributed by atoms with Crippen LogP contribution < -0.4 is 10.9 Å². The van der Waals surface area contributed by atoms with Crippen molar-refractivity contribution in [1.82, 2.24) is 19.9 Å². The van der Waals surface area contributed by atoms with Crippen LogP contribution >= 0.6 is 0 Å². The summed E-state index contributed by atoms with van der Waals surface area (Å²) in [6.45, 7) is 5.30. The fraction of sp³-hybridized carbons (Fsp3) is 0.435. The summed E-state index contributed by atoms with van der Waals surface area (Å²) in [6.07, 6.45) is 1.72. The van der Waals surface area contributed by atoms with Crippen LogP contribution in [0.4, 0.5) is 4.39 Å². The number of aromatic nitrogens is 3. The summed E-state index contributed by atoms with van der Waals surface area (Å²) < 4.78 is 20.8. The van der Waals surface area contributed by atoms with Crippen molar-refractivity contribution in [1.29, 1.82) is 0 Å². The first kappa shape index (κ1) is 21.2. The monoisotopic (exact) mass is 426 g/mol. The van der Waals surface area contributed by atoms with Gasteiger partial charge in [-0.05, 0) is 30.4 Å². The second-order valence-corrected chi connectivity index (χ2v) is 8.37. The first-order chi connectivity index (χ1) is 14.9. The highest BCUT2D eigenvalue weighted by atomic mass is 19.1. The average molecular weight is 426 g/mol. The Hall–Kier alpha value is -3.00. The molecule has 2 aromatic heterocycles. The van der Waals surface area contributed by atoms with Gasteiger partial charge in [-0.3, -0.25) is 14.7 Å². The molecule has 2 N–H and O–H groups in total. The largest absolute Gasteiger partial charge is 0.381 e. The molecule has 0 radical (unpaired) electrons. The highest BCUT2D eigenvalue weighted by Crippen LogP contribution is 2.26. The van der Waals surface area contributed by atoms with Crippen molar-refractivity contribution in [2.45, 2.75) is 45.1 Å². The summed E-state index contributed by atoms with van der Waals surface area (Å²) >= 11 is 0. The first-order valence-electron chi connectivity index (χ1n) is 10.7. The number of aromatic amines is 1. The predicted molar refractivity (Wildman–Crippen MR) is 114 cm³/mol. The van der Waals surface area contributed by atoms with E-state index in [1.807, 2.05) is 19.9 Å². The SMILES string of the molecule is CC(C)C(NC(=O)Cc1ccccc1F)c1cc(=O)n2[nH]c(C3CCOCC3)cc2n1. The van der Waals surface area contributed by atoms with Gasteiger partial charge in [0.1, 0.15) is 5.82 Å². The summed E-state index contributed by atoms with van der Waals surface area (Å²) in [5, 5.41) is 6.09. The van der Waals surface area contributed by atoms with Crippen molar-refractivity contribution in [3.63, 3.8) is 0 Å².